The monoisotopic (exact) mass is 421 g/mol. The number of hydrogen-bond donors (Lipinski definition) is 0. The number of rotatable bonds is 11. The van der Waals surface area contributed by atoms with Gasteiger partial charge in [-0.05, 0) is 45.6 Å². The second-order valence-corrected chi connectivity index (χ2v) is 9.87. The third-order valence-electron chi connectivity index (χ3n) is 4.84. The predicted molar refractivity (Wildman–Crippen MR) is 118 cm³/mol. The highest BCUT2D eigenvalue weighted by Crippen LogP contribution is 2.16. The summed E-state index contributed by atoms with van der Waals surface area (Å²) in [6.07, 6.45) is 6.96. The summed E-state index contributed by atoms with van der Waals surface area (Å²) in [4.78, 5) is 0. The van der Waals surface area contributed by atoms with Gasteiger partial charge in [0.2, 0.25) is 10.0 Å². The van der Waals surface area contributed by atoms with Crippen molar-refractivity contribution in [2.45, 2.75) is 59.3 Å². The maximum absolute atomic E-state index is 13.1. The van der Waals surface area contributed by atoms with E-state index < -0.39 is 16.3 Å². The molecule has 29 heavy (non-hydrogen) atoms. The van der Waals surface area contributed by atoms with Gasteiger partial charge in [0.15, 0.2) is 6.29 Å². The zero-order chi connectivity index (χ0) is 21.1. The normalized spacial score (nSPS) is 16.2. The highest BCUT2D eigenvalue weighted by Gasteiger charge is 2.24. The van der Waals surface area contributed by atoms with Crippen LogP contribution < -0.4 is 0 Å². The lowest BCUT2D eigenvalue weighted by atomic mass is 10.1. The van der Waals surface area contributed by atoms with E-state index in [4.69, 9.17) is 9.47 Å². The molecule has 0 bridgehead atoms. The zero-order valence-electron chi connectivity index (χ0n) is 18.0. The average molecular weight is 422 g/mol. The maximum Gasteiger partial charge on any atom is 0.214 e. The van der Waals surface area contributed by atoms with Crippen LogP contribution in [0.15, 0.2) is 53.6 Å². The summed E-state index contributed by atoms with van der Waals surface area (Å²) in [5.74, 6) is 0.0230. The van der Waals surface area contributed by atoms with Gasteiger partial charge < -0.3 is 9.47 Å². The Morgan fingerprint density at radius 2 is 1.79 bits per heavy atom. The molecule has 0 amide bonds. The first-order valence-corrected chi connectivity index (χ1v) is 12.0. The molecule has 1 aliphatic heterocycles. The van der Waals surface area contributed by atoms with Crippen LogP contribution in [0.2, 0.25) is 0 Å². The molecule has 0 aromatic heterocycles. The molecule has 1 aromatic carbocycles. The molecule has 0 atom stereocenters. The van der Waals surface area contributed by atoms with Gasteiger partial charge in [0.05, 0.1) is 19.0 Å². The molecule has 0 spiro atoms. The minimum atomic E-state index is -3.43. The van der Waals surface area contributed by atoms with Gasteiger partial charge in [-0.2, -0.15) is 4.31 Å². The molecule has 1 aromatic rings. The quantitative estimate of drug-likeness (QED) is 0.488. The Hall–Kier alpha value is -1.47. The highest BCUT2D eigenvalue weighted by molar-refractivity contribution is 7.89. The van der Waals surface area contributed by atoms with Crippen LogP contribution in [-0.2, 0) is 26.0 Å². The van der Waals surface area contributed by atoms with Crippen molar-refractivity contribution in [3.63, 3.8) is 0 Å². The Morgan fingerprint density at radius 1 is 1.10 bits per heavy atom. The topological polar surface area (TPSA) is 55.8 Å². The van der Waals surface area contributed by atoms with Gasteiger partial charge in [-0.1, -0.05) is 53.6 Å². The van der Waals surface area contributed by atoms with Crippen molar-refractivity contribution in [1.29, 1.82) is 0 Å². The fraction of sp³-hybridized carbons (Fsp3) is 0.565. The second-order valence-electron chi connectivity index (χ2n) is 7.78. The van der Waals surface area contributed by atoms with Crippen LogP contribution in [0.1, 0.15) is 52.0 Å². The summed E-state index contributed by atoms with van der Waals surface area (Å²) in [7, 11) is -3.43. The Kier molecular flexibility index (Phi) is 10.1. The molecule has 0 unspecified atom stereocenters. The summed E-state index contributed by atoms with van der Waals surface area (Å²) in [6, 6.07) is 9.73. The van der Waals surface area contributed by atoms with Crippen LogP contribution in [0.4, 0.5) is 0 Å². The Morgan fingerprint density at radius 3 is 2.45 bits per heavy atom. The molecule has 1 saturated heterocycles. The zero-order valence-corrected chi connectivity index (χ0v) is 18.8. The standard InChI is InChI=1S/C23H35NO4S/c1-20(2)9-7-10-21(3)13-15-24(19-22-11-5-4-6-12-22)29(25,26)18-14-23-27-16-8-17-28-23/h4-6,9,11-13,23H,7-8,10,14-19H2,1-3H3/b21-13+. The van der Waals surface area contributed by atoms with E-state index in [0.29, 0.717) is 32.7 Å². The molecule has 0 radical (unpaired) electrons. The van der Waals surface area contributed by atoms with E-state index in [1.54, 1.807) is 4.31 Å². The molecular weight excluding hydrogens is 386 g/mol. The van der Waals surface area contributed by atoms with Crippen molar-refractivity contribution in [3.05, 3.63) is 59.2 Å². The number of benzene rings is 1. The minimum Gasteiger partial charge on any atom is -0.353 e. The lowest BCUT2D eigenvalue weighted by Gasteiger charge is -2.25. The summed E-state index contributed by atoms with van der Waals surface area (Å²) in [5.41, 5.74) is 3.49. The Balaban J connectivity index is 2.03. The summed E-state index contributed by atoms with van der Waals surface area (Å²) in [6.45, 7) is 8.26. The smallest absolute Gasteiger partial charge is 0.214 e. The van der Waals surface area contributed by atoms with Gasteiger partial charge in [-0.15, -0.1) is 0 Å². The van der Waals surface area contributed by atoms with Crippen molar-refractivity contribution in [3.8, 4) is 0 Å². The third-order valence-corrected chi connectivity index (χ3v) is 6.65. The minimum absolute atomic E-state index is 0.0230. The lowest BCUT2D eigenvalue weighted by Crippen LogP contribution is -2.35. The molecule has 162 valence electrons. The molecule has 0 N–H and O–H groups in total. The molecular formula is C23H35NO4S. The largest absolute Gasteiger partial charge is 0.353 e. The van der Waals surface area contributed by atoms with Crippen LogP contribution in [0.25, 0.3) is 0 Å². The van der Waals surface area contributed by atoms with E-state index in [2.05, 4.69) is 26.8 Å². The van der Waals surface area contributed by atoms with Gasteiger partial charge >= 0.3 is 0 Å². The van der Waals surface area contributed by atoms with Gasteiger partial charge in [-0.25, -0.2) is 8.42 Å². The van der Waals surface area contributed by atoms with E-state index in [1.807, 2.05) is 36.4 Å². The second kappa shape index (κ2) is 12.3. The Labute approximate surface area is 176 Å². The van der Waals surface area contributed by atoms with Crippen LogP contribution in [0.5, 0.6) is 0 Å². The van der Waals surface area contributed by atoms with Crippen LogP contribution in [-0.4, -0.2) is 44.5 Å². The van der Waals surface area contributed by atoms with Crippen molar-refractivity contribution in [2.24, 2.45) is 0 Å². The number of hydrogen-bond acceptors (Lipinski definition) is 4. The van der Waals surface area contributed by atoms with E-state index in [0.717, 1.165) is 24.8 Å². The first-order chi connectivity index (χ1) is 13.9. The molecule has 1 heterocycles. The number of nitrogens with zero attached hydrogens (tertiary/aromatic N) is 1. The molecule has 1 aliphatic rings. The fourth-order valence-electron chi connectivity index (χ4n) is 3.09. The van der Waals surface area contributed by atoms with E-state index in [1.165, 1.54) is 11.1 Å². The maximum atomic E-state index is 13.1. The van der Waals surface area contributed by atoms with E-state index in [-0.39, 0.29) is 5.75 Å². The lowest BCUT2D eigenvalue weighted by molar-refractivity contribution is -0.178. The van der Waals surface area contributed by atoms with Crippen molar-refractivity contribution >= 4 is 10.0 Å². The van der Waals surface area contributed by atoms with Gasteiger partial charge in [-0.3, -0.25) is 0 Å². The van der Waals surface area contributed by atoms with E-state index in [9.17, 15) is 8.42 Å². The fourth-order valence-corrected chi connectivity index (χ4v) is 4.49. The number of allylic oxidation sites excluding steroid dienone is 3. The summed E-state index contributed by atoms with van der Waals surface area (Å²) >= 11 is 0. The number of sulfonamides is 1. The molecule has 2 rings (SSSR count). The molecule has 0 saturated carbocycles. The van der Waals surface area contributed by atoms with Gasteiger partial charge in [0.1, 0.15) is 0 Å². The predicted octanol–water partition coefficient (Wildman–Crippen LogP) is 4.66. The Bertz CT molecular complexity index is 761. The average Bonchev–Trinajstić information content (AvgIpc) is 2.71. The first-order valence-electron chi connectivity index (χ1n) is 10.4. The highest BCUT2D eigenvalue weighted by atomic mass is 32.2. The van der Waals surface area contributed by atoms with Gasteiger partial charge in [0, 0.05) is 19.5 Å². The van der Waals surface area contributed by atoms with Gasteiger partial charge in [0.25, 0.3) is 0 Å². The SMILES string of the molecule is CC(C)=CCC/C(C)=C/CN(Cc1ccccc1)S(=O)(=O)CCC1OCCCO1. The first kappa shape index (κ1) is 23.8. The van der Waals surface area contributed by atoms with Crippen molar-refractivity contribution in [1.82, 2.24) is 4.31 Å². The number of ether oxygens (including phenoxy) is 2. The molecule has 5 nitrogen and oxygen atoms in total. The molecule has 1 fully saturated rings. The summed E-state index contributed by atoms with van der Waals surface area (Å²) < 4.78 is 38.7. The van der Waals surface area contributed by atoms with E-state index >= 15 is 0 Å². The van der Waals surface area contributed by atoms with Crippen LogP contribution >= 0.6 is 0 Å². The van der Waals surface area contributed by atoms with Crippen LogP contribution in [0.3, 0.4) is 0 Å². The third kappa shape index (κ3) is 9.26. The van der Waals surface area contributed by atoms with Crippen molar-refractivity contribution in [2.75, 3.05) is 25.5 Å². The molecule has 0 aliphatic carbocycles. The van der Waals surface area contributed by atoms with Crippen molar-refractivity contribution < 1.29 is 17.9 Å². The summed E-state index contributed by atoms with van der Waals surface area (Å²) in [5, 5.41) is 0. The molecule has 6 heteroatoms. The van der Waals surface area contributed by atoms with Crippen LogP contribution in [0, 0.1) is 0 Å².